The zero-order valence-electron chi connectivity index (χ0n) is 10.5. The van der Waals surface area contributed by atoms with Crippen LogP contribution in [0.1, 0.15) is 10.4 Å². The number of rotatable bonds is 2. The van der Waals surface area contributed by atoms with Crippen molar-refractivity contribution in [1.29, 1.82) is 0 Å². The number of aromatic amines is 2. The van der Waals surface area contributed by atoms with E-state index < -0.39 is 5.91 Å². The molecule has 0 aliphatic carbocycles. The predicted octanol–water partition coefficient (Wildman–Crippen LogP) is 3.42. The standard InChI is InChI=1S/C14H9Cl2N3O2/c15-8-4-2-5-9(16)12(8)18-13(20)7-3-1-6-10-11(7)19-14(21)17-10/h1-6H,(H,18,20)(H2,17,19,21). The van der Waals surface area contributed by atoms with E-state index in [0.717, 1.165) is 0 Å². The molecule has 0 atom stereocenters. The normalized spacial score (nSPS) is 10.8. The van der Waals surface area contributed by atoms with Gasteiger partial charge in [-0.25, -0.2) is 4.79 Å². The highest BCUT2D eigenvalue weighted by atomic mass is 35.5. The van der Waals surface area contributed by atoms with Crippen LogP contribution in [0.25, 0.3) is 11.0 Å². The number of hydrogen-bond donors (Lipinski definition) is 3. The molecule has 2 aromatic carbocycles. The molecule has 3 N–H and O–H groups in total. The number of carbonyl (C=O) groups is 1. The number of fused-ring (bicyclic) bond motifs is 1. The zero-order valence-corrected chi connectivity index (χ0v) is 12.0. The number of para-hydroxylation sites is 2. The average Bonchev–Trinajstić information content (AvgIpc) is 2.82. The molecular weight excluding hydrogens is 313 g/mol. The zero-order chi connectivity index (χ0) is 15.0. The van der Waals surface area contributed by atoms with Gasteiger partial charge in [0.25, 0.3) is 5.91 Å². The van der Waals surface area contributed by atoms with Crippen LogP contribution in [0.15, 0.2) is 41.2 Å². The number of halogens is 2. The molecule has 0 radical (unpaired) electrons. The third kappa shape index (κ3) is 2.53. The summed E-state index contributed by atoms with van der Waals surface area (Å²) >= 11 is 12.0. The first-order valence-corrected chi connectivity index (χ1v) is 6.78. The van der Waals surface area contributed by atoms with E-state index in [4.69, 9.17) is 23.2 Å². The van der Waals surface area contributed by atoms with E-state index in [9.17, 15) is 9.59 Å². The van der Waals surface area contributed by atoms with Crippen molar-refractivity contribution in [3.63, 3.8) is 0 Å². The van der Waals surface area contributed by atoms with Crippen LogP contribution in [0.3, 0.4) is 0 Å². The van der Waals surface area contributed by atoms with Crippen LogP contribution < -0.4 is 11.0 Å². The Labute approximate surface area is 128 Å². The van der Waals surface area contributed by atoms with Crippen molar-refractivity contribution in [1.82, 2.24) is 9.97 Å². The fourth-order valence-electron chi connectivity index (χ4n) is 2.05. The summed E-state index contributed by atoms with van der Waals surface area (Å²) in [7, 11) is 0. The van der Waals surface area contributed by atoms with E-state index in [1.165, 1.54) is 0 Å². The van der Waals surface area contributed by atoms with Gasteiger partial charge in [-0.1, -0.05) is 35.3 Å². The van der Waals surface area contributed by atoms with Gasteiger partial charge in [-0.2, -0.15) is 0 Å². The molecule has 0 saturated carbocycles. The fraction of sp³-hybridized carbons (Fsp3) is 0. The Morgan fingerprint density at radius 2 is 1.67 bits per heavy atom. The Hall–Kier alpha value is -2.24. The largest absolute Gasteiger partial charge is 0.323 e. The third-order valence-corrected chi connectivity index (χ3v) is 3.63. The van der Waals surface area contributed by atoms with E-state index in [1.54, 1.807) is 36.4 Å². The summed E-state index contributed by atoms with van der Waals surface area (Å²) < 4.78 is 0. The molecule has 1 heterocycles. The van der Waals surface area contributed by atoms with E-state index in [0.29, 0.717) is 32.3 Å². The quantitative estimate of drug-likeness (QED) is 0.676. The van der Waals surface area contributed by atoms with Crippen LogP contribution in [-0.4, -0.2) is 15.9 Å². The second kappa shape index (κ2) is 5.27. The molecule has 0 unspecified atom stereocenters. The highest BCUT2D eigenvalue weighted by Crippen LogP contribution is 2.30. The third-order valence-electron chi connectivity index (χ3n) is 3.00. The highest BCUT2D eigenvalue weighted by Gasteiger charge is 2.15. The molecule has 1 aromatic heterocycles. The predicted molar refractivity (Wildman–Crippen MR) is 83.3 cm³/mol. The Morgan fingerprint density at radius 3 is 2.38 bits per heavy atom. The number of anilines is 1. The minimum Gasteiger partial charge on any atom is -0.319 e. The van der Waals surface area contributed by atoms with Gasteiger partial charge in [-0.15, -0.1) is 0 Å². The van der Waals surface area contributed by atoms with Crippen LogP contribution in [0, 0.1) is 0 Å². The lowest BCUT2D eigenvalue weighted by Crippen LogP contribution is -2.13. The van der Waals surface area contributed by atoms with Crippen molar-refractivity contribution in [3.8, 4) is 0 Å². The van der Waals surface area contributed by atoms with Gasteiger partial charge in [0.2, 0.25) is 0 Å². The smallest absolute Gasteiger partial charge is 0.319 e. The van der Waals surface area contributed by atoms with Crippen molar-refractivity contribution in [2.75, 3.05) is 5.32 Å². The van der Waals surface area contributed by atoms with E-state index in [1.807, 2.05) is 0 Å². The van der Waals surface area contributed by atoms with Crippen LogP contribution in [-0.2, 0) is 0 Å². The highest BCUT2D eigenvalue weighted by molar-refractivity contribution is 6.40. The maximum atomic E-state index is 12.4. The first-order chi connectivity index (χ1) is 10.1. The maximum Gasteiger partial charge on any atom is 0.323 e. The van der Waals surface area contributed by atoms with Crippen LogP contribution in [0.2, 0.25) is 10.0 Å². The van der Waals surface area contributed by atoms with Crippen molar-refractivity contribution in [2.45, 2.75) is 0 Å². The fourth-order valence-corrected chi connectivity index (χ4v) is 2.54. The lowest BCUT2D eigenvalue weighted by Gasteiger charge is -2.09. The summed E-state index contributed by atoms with van der Waals surface area (Å²) in [5, 5.41) is 3.33. The maximum absolute atomic E-state index is 12.4. The van der Waals surface area contributed by atoms with Crippen LogP contribution >= 0.6 is 23.2 Å². The molecular formula is C14H9Cl2N3O2. The summed E-state index contributed by atoms with van der Waals surface area (Å²) in [5.41, 5.74) is 1.27. The molecule has 7 heteroatoms. The Balaban J connectivity index is 2.03. The molecule has 21 heavy (non-hydrogen) atoms. The monoisotopic (exact) mass is 321 g/mol. The van der Waals surface area contributed by atoms with E-state index >= 15 is 0 Å². The lowest BCUT2D eigenvalue weighted by molar-refractivity contribution is 0.102. The van der Waals surface area contributed by atoms with Gasteiger partial charge in [-0.05, 0) is 24.3 Å². The number of aromatic nitrogens is 2. The Bertz CT molecular complexity index is 878. The number of imidazole rings is 1. The minimum atomic E-state index is -0.411. The molecule has 0 aliphatic heterocycles. The summed E-state index contributed by atoms with van der Waals surface area (Å²) in [5.74, 6) is -0.411. The van der Waals surface area contributed by atoms with Crippen LogP contribution in [0.4, 0.5) is 5.69 Å². The number of nitrogens with one attached hydrogen (secondary N) is 3. The Kier molecular flexibility index (Phi) is 3.45. The van der Waals surface area contributed by atoms with Gasteiger partial charge in [-0.3, -0.25) is 4.79 Å². The molecule has 0 aliphatic rings. The van der Waals surface area contributed by atoms with Gasteiger partial charge in [0.1, 0.15) is 0 Å². The molecule has 1 amide bonds. The van der Waals surface area contributed by atoms with Crippen molar-refractivity contribution in [2.24, 2.45) is 0 Å². The molecule has 3 rings (SSSR count). The lowest BCUT2D eigenvalue weighted by atomic mass is 10.1. The molecule has 106 valence electrons. The van der Waals surface area contributed by atoms with Crippen molar-refractivity contribution >= 4 is 45.8 Å². The molecule has 0 saturated heterocycles. The molecule has 0 fully saturated rings. The number of carbonyl (C=O) groups excluding carboxylic acids is 1. The Morgan fingerprint density at radius 1 is 1.00 bits per heavy atom. The average molecular weight is 322 g/mol. The van der Waals surface area contributed by atoms with Crippen molar-refractivity contribution < 1.29 is 4.79 Å². The summed E-state index contributed by atoms with van der Waals surface area (Å²) in [4.78, 5) is 28.9. The second-order valence-electron chi connectivity index (χ2n) is 4.36. The molecule has 3 aromatic rings. The summed E-state index contributed by atoms with van der Waals surface area (Å²) in [6.07, 6.45) is 0. The van der Waals surface area contributed by atoms with E-state index in [2.05, 4.69) is 15.3 Å². The number of amides is 1. The van der Waals surface area contributed by atoms with Gasteiger partial charge in [0, 0.05) is 0 Å². The summed E-state index contributed by atoms with van der Waals surface area (Å²) in [6, 6.07) is 9.92. The first-order valence-electron chi connectivity index (χ1n) is 6.02. The van der Waals surface area contributed by atoms with E-state index in [-0.39, 0.29) is 5.69 Å². The van der Waals surface area contributed by atoms with Gasteiger partial charge in [0.05, 0.1) is 32.3 Å². The first kappa shape index (κ1) is 13.7. The number of H-pyrrole nitrogens is 2. The van der Waals surface area contributed by atoms with Crippen LogP contribution in [0.5, 0.6) is 0 Å². The topological polar surface area (TPSA) is 77.8 Å². The number of hydrogen-bond acceptors (Lipinski definition) is 2. The SMILES string of the molecule is O=C(Nc1c(Cl)cccc1Cl)c1cccc2[nH]c(=O)[nH]c12. The van der Waals surface area contributed by atoms with Gasteiger partial charge < -0.3 is 15.3 Å². The molecule has 0 spiro atoms. The van der Waals surface area contributed by atoms with Crippen molar-refractivity contribution in [3.05, 3.63) is 62.5 Å². The molecule has 0 bridgehead atoms. The summed E-state index contributed by atoms with van der Waals surface area (Å²) in [6.45, 7) is 0. The second-order valence-corrected chi connectivity index (χ2v) is 5.17. The molecule has 5 nitrogen and oxygen atoms in total. The van der Waals surface area contributed by atoms with Gasteiger partial charge in [0.15, 0.2) is 0 Å². The van der Waals surface area contributed by atoms with Gasteiger partial charge >= 0.3 is 5.69 Å². The number of benzene rings is 2. The minimum absolute atomic E-state index is 0.321.